The fraction of sp³-hybridized carbons (Fsp3) is 0.316. The van der Waals surface area contributed by atoms with E-state index in [1.807, 2.05) is 24.3 Å². The second kappa shape index (κ2) is 7.18. The molecule has 2 aromatic rings. The van der Waals surface area contributed by atoms with E-state index in [9.17, 15) is 5.11 Å². The number of thioether (sulfide) groups is 1. The molecule has 0 saturated heterocycles. The zero-order valence-corrected chi connectivity index (χ0v) is 14.6. The summed E-state index contributed by atoms with van der Waals surface area (Å²) >= 11 is 1.62. The summed E-state index contributed by atoms with van der Waals surface area (Å²) in [5.41, 5.74) is 7.95. The van der Waals surface area contributed by atoms with Crippen LogP contribution in [0, 0.1) is 0 Å². The van der Waals surface area contributed by atoms with E-state index in [2.05, 4.69) is 24.0 Å². The second-order valence-electron chi connectivity index (χ2n) is 6.11. The molecule has 0 fully saturated rings. The van der Waals surface area contributed by atoms with Crippen LogP contribution < -0.4 is 10.5 Å². The number of hydrogen-bond acceptors (Lipinski definition) is 5. The molecule has 0 radical (unpaired) electrons. The first-order valence-corrected chi connectivity index (χ1v) is 9.03. The summed E-state index contributed by atoms with van der Waals surface area (Å²) in [5.74, 6) is 2.13. The van der Waals surface area contributed by atoms with Gasteiger partial charge in [0.25, 0.3) is 0 Å². The van der Waals surface area contributed by atoms with Crippen molar-refractivity contribution in [3.05, 3.63) is 59.7 Å². The fourth-order valence-corrected chi connectivity index (χ4v) is 3.73. The van der Waals surface area contributed by atoms with Gasteiger partial charge in [0.2, 0.25) is 0 Å². The van der Waals surface area contributed by atoms with Crippen molar-refractivity contribution in [1.29, 1.82) is 0 Å². The van der Waals surface area contributed by atoms with Crippen LogP contribution in [-0.2, 0) is 12.0 Å². The number of hydrogen-bond donors (Lipinski definition) is 2. The van der Waals surface area contributed by atoms with E-state index in [4.69, 9.17) is 10.5 Å². The molecule has 1 heterocycles. The number of phenols is 1. The van der Waals surface area contributed by atoms with Gasteiger partial charge in [-0.25, -0.2) is 0 Å². The molecule has 1 atom stereocenters. The molecular weight excluding hydrogens is 320 g/mol. The minimum atomic E-state index is -0.236. The van der Waals surface area contributed by atoms with Crippen LogP contribution in [0.1, 0.15) is 24.5 Å². The predicted octanol–water partition coefficient (Wildman–Crippen LogP) is 3.68. The number of ether oxygens (including phenoxy) is 1. The Kier molecular flexibility index (Phi) is 5.00. The van der Waals surface area contributed by atoms with Gasteiger partial charge in [-0.15, -0.1) is 0 Å². The second-order valence-corrected chi connectivity index (χ2v) is 7.23. The first-order chi connectivity index (χ1) is 11.5. The summed E-state index contributed by atoms with van der Waals surface area (Å²) in [6.45, 7) is 2.73. The highest BCUT2D eigenvalue weighted by Gasteiger charge is 2.29. The van der Waals surface area contributed by atoms with Crippen LogP contribution in [-0.4, -0.2) is 22.6 Å². The average Bonchev–Trinajstić information content (AvgIpc) is 2.57. The van der Waals surface area contributed by atoms with Gasteiger partial charge in [0.05, 0.1) is 12.1 Å². The van der Waals surface area contributed by atoms with Gasteiger partial charge in [-0.1, -0.05) is 36.0 Å². The number of benzene rings is 2. The number of phenolic OH excluding ortho intramolecular Hbond substituents is 1. The number of nitrogens with zero attached hydrogens (tertiary/aromatic N) is 1. The van der Waals surface area contributed by atoms with Crippen molar-refractivity contribution < 1.29 is 9.84 Å². The van der Waals surface area contributed by atoms with Gasteiger partial charge in [0, 0.05) is 12.2 Å². The Balaban J connectivity index is 1.58. The molecule has 0 bridgehead atoms. The lowest BCUT2D eigenvalue weighted by Gasteiger charge is -2.29. The predicted molar refractivity (Wildman–Crippen MR) is 99.8 cm³/mol. The molecule has 1 aliphatic rings. The third-order valence-corrected chi connectivity index (χ3v) is 5.06. The standard InChI is InChI=1S/C19H22N2O2S/c1-19(11-13-24-18(20)21-19)15-4-8-17(9-5-15)23-12-10-14-2-6-16(22)7-3-14/h2-9,22H,10-13H2,1H3,(H2,20,21). The molecule has 0 amide bonds. The zero-order chi connectivity index (χ0) is 17.0. The molecule has 3 rings (SSSR count). The number of aromatic hydroxyl groups is 1. The van der Waals surface area contributed by atoms with Crippen LogP contribution in [0.5, 0.6) is 11.5 Å². The molecule has 4 nitrogen and oxygen atoms in total. The lowest BCUT2D eigenvalue weighted by atomic mass is 9.90. The molecule has 0 aliphatic carbocycles. The summed E-state index contributed by atoms with van der Waals surface area (Å²) in [6, 6.07) is 15.3. The van der Waals surface area contributed by atoms with Crippen molar-refractivity contribution in [2.24, 2.45) is 10.7 Å². The SMILES string of the molecule is CC1(c2ccc(OCCc3ccc(O)cc3)cc2)CCSC(N)=N1. The molecule has 0 saturated carbocycles. The smallest absolute Gasteiger partial charge is 0.154 e. The van der Waals surface area contributed by atoms with E-state index in [0.29, 0.717) is 11.8 Å². The number of amidine groups is 1. The van der Waals surface area contributed by atoms with E-state index < -0.39 is 0 Å². The fourth-order valence-electron chi connectivity index (χ4n) is 2.75. The van der Waals surface area contributed by atoms with E-state index in [1.165, 1.54) is 0 Å². The van der Waals surface area contributed by atoms with Crippen LogP contribution in [0.4, 0.5) is 0 Å². The lowest BCUT2D eigenvalue weighted by molar-refractivity contribution is 0.321. The minimum absolute atomic E-state index is 0.236. The summed E-state index contributed by atoms with van der Waals surface area (Å²) in [4.78, 5) is 4.62. The van der Waals surface area contributed by atoms with Crippen LogP contribution in [0.2, 0.25) is 0 Å². The maximum absolute atomic E-state index is 9.28. The van der Waals surface area contributed by atoms with Gasteiger partial charge >= 0.3 is 0 Å². The summed E-state index contributed by atoms with van der Waals surface area (Å²) < 4.78 is 5.81. The Bertz CT molecular complexity index is 713. The molecule has 1 aliphatic heterocycles. The zero-order valence-electron chi connectivity index (χ0n) is 13.7. The van der Waals surface area contributed by atoms with Crippen molar-refractivity contribution in [2.45, 2.75) is 25.3 Å². The molecular formula is C19H22N2O2S. The van der Waals surface area contributed by atoms with Crippen molar-refractivity contribution in [2.75, 3.05) is 12.4 Å². The van der Waals surface area contributed by atoms with E-state index in [-0.39, 0.29) is 11.3 Å². The summed E-state index contributed by atoms with van der Waals surface area (Å²) in [5, 5.41) is 9.95. The third kappa shape index (κ3) is 4.03. The Morgan fingerprint density at radius 3 is 2.54 bits per heavy atom. The van der Waals surface area contributed by atoms with Crippen molar-refractivity contribution in [3.8, 4) is 11.5 Å². The first-order valence-electron chi connectivity index (χ1n) is 8.04. The Hall–Kier alpha value is -2.14. The van der Waals surface area contributed by atoms with Gasteiger partial charge in [-0.3, -0.25) is 4.99 Å². The number of rotatable bonds is 5. The van der Waals surface area contributed by atoms with Gasteiger partial charge in [-0.2, -0.15) is 0 Å². The highest BCUT2D eigenvalue weighted by atomic mass is 32.2. The monoisotopic (exact) mass is 342 g/mol. The largest absolute Gasteiger partial charge is 0.508 e. The van der Waals surface area contributed by atoms with Crippen LogP contribution in [0.15, 0.2) is 53.5 Å². The van der Waals surface area contributed by atoms with E-state index >= 15 is 0 Å². The van der Waals surface area contributed by atoms with Crippen molar-refractivity contribution in [3.63, 3.8) is 0 Å². The highest BCUT2D eigenvalue weighted by Crippen LogP contribution is 2.35. The third-order valence-electron chi connectivity index (χ3n) is 4.27. The molecule has 3 N–H and O–H groups in total. The van der Waals surface area contributed by atoms with Gasteiger partial charge in [0.1, 0.15) is 11.5 Å². The van der Waals surface area contributed by atoms with Gasteiger partial charge < -0.3 is 15.6 Å². The molecule has 126 valence electrons. The topological polar surface area (TPSA) is 67.8 Å². The summed E-state index contributed by atoms with van der Waals surface area (Å²) in [6.07, 6.45) is 1.79. The highest BCUT2D eigenvalue weighted by molar-refractivity contribution is 8.13. The number of nitrogens with two attached hydrogens (primary N) is 1. The van der Waals surface area contributed by atoms with Crippen molar-refractivity contribution >= 4 is 16.9 Å². The normalized spacial score (nSPS) is 20.5. The molecule has 24 heavy (non-hydrogen) atoms. The Labute approximate surface area is 146 Å². The molecule has 1 unspecified atom stereocenters. The van der Waals surface area contributed by atoms with E-state index in [0.717, 1.165) is 35.5 Å². The Morgan fingerprint density at radius 1 is 1.17 bits per heavy atom. The lowest BCUT2D eigenvalue weighted by Crippen LogP contribution is -2.28. The Morgan fingerprint density at radius 2 is 1.88 bits per heavy atom. The summed E-state index contributed by atoms with van der Waals surface area (Å²) in [7, 11) is 0. The number of aliphatic imine (C=N–C) groups is 1. The van der Waals surface area contributed by atoms with Crippen LogP contribution in [0.25, 0.3) is 0 Å². The van der Waals surface area contributed by atoms with Gasteiger partial charge in [0.15, 0.2) is 5.17 Å². The average molecular weight is 342 g/mol. The molecule has 2 aromatic carbocycles. The maximum Gasteiger partial charge on any atom is 0.154 e. The first kappa shape index (κ1) is 16.7. The van der Waals surface area contributed by atoms with Crippen LogP contribution in [0.3, 0.4) is 0 Å². The molecule has 5 heteroatoms. The van der Waals surface area contributed by atoms with Crippen molar-refractivity contribution in [1.82, 2.24) is 0 Å². The maximum atomic E-state index is 9.28. The van der Waals surface area contributed by atoms with Crippen LogP contribution >= 0.6 is 11.8 Å². The van der Waals surface area contributed by atoms with E-state index in [1.54, 1.807) is 23.9 Å². The molecule has 0 aromatic heterocycles. The van der Waals surface area contributed by atoms with Gasteiger partial charge in [-0.05, 0) is 48.7 Å². The minimum Gasteiger partial charge on any atom is -0.508 e. The molecule has 0 spiro atoms. The quantitative estimate of drug-likeness (QED) is 0.870.